The molecule has 0 saturated carbocycles. The monoisotopic (exact) mass is 268 g/mol. The zero-order chi connectivity index (χ0) is 14.3. The molecule has 0 fully saturated rings. The molecular weight excluding hydrogens is 244 g/mol. The average Bonchev–Trinajstić information content (AvgIpc) is 2.37. The summed E-state index contributed by atoms with van der Waals surface area (Å²) in [7, 11) is 3.58. The first-order valence-electron chi connectivity index (χ1n) is 6.55. The van der Waals surface area contributed by atoms with Crippen LogP contribution < -0.4 is 15.8 Å². The van der Waals surface area contributed by atoms with Crippen molar-refractivity contribution in [2.75, 3.05) is 38.8 Å². The van der Waals surface area contributed by atoms with Gasteiger partial charge in [-0.05, 0) is 0 Å². The smallest absolute Gasteiger partial charge is 0.268 e. The van der Waals surface area contributed by atoms with E-state index in [2.05, 4.69) is 24.3 Å². The summed E-state index contributed by atoms with van der Waals surface area (Å²) in [6.45, 7) is 6.82. The fraction of sp³-hybridized carbons (Fsp3) is 0.692. The Bertz CT molecular complexity index is 431. The molecule has 0 saturated heterocycles. The number of rotatable bonds is 8. The molecule has 1 aromatic rings. The van der Waals surface area contributed by atoms with Crippen LogP contribution in [0.4, 0.5) is 5.69 Å². The van der Waals surface area contributed by atoms with E-state index >= 15 is 0 Å². The van der Waals surface area contributed by atoms with Gasteiger partial charge < -0.3 is 15.0 Å². The fourth-order valence-corrected chi connectivity index (χ4v) is 1.62. The second kappa shape index (κ2) is 7.91. The Hall–Kier alpha value is -1.40. The first-order valence-corrected chi connectivity index (χ1v) is 6.55. The van der Waals surface area contributed by atoms with Gasteiger partial charge in [-0.2, -0.15) is 5.10 Å². The molecule has 0 atom stereocenters. The molecule has 0 amide bonds. The van der Waals surface area contributed by atoms with Gasteiger partial charge in [0, 0.05) is 39.4 Å². The average molecular weight is 268 g/mol. The molecule has 1 aromatic heterocycles. The largest absolute Gasteiger partial charge is 0.383 e. The minimum atomic E-state index is -0.0766. The summed E-state index contributed by atoms with van der Waals surface area (Å²) in [5, 5.41) is 7.45. The topological polar surface area (TPSA) is 59.4 Å². The minimum Gasteiger partial charge on any atom is -0.383 e. The lowest BCUT2D eigenvalue weighted by Gasteiger charge is -2.18. The molecule has 0 aromatic carbocycles. The molecule has 6 nitrogen and oxygen atoms in total. The van der Waals surface area contributed by atoms with Gasteiger partial charge in [0.25, 0.3) is 5.56 Å². The third-order valence-electron chi connectivity index (χ3n) is 2.80. The molecule has 0 aliphatic heterocycles. The number of nitrogens with zero attached hydrogens (tertiary/aromatic N) is 3. The van der Waals surface area contributed by atoms with Gasteiger partial charge in [0.05, 0.1) is 25.0 Å². The van der Waals surface area contributed by atoms with E-state index in [4.69, 9.17) is 4.74 Å². The molecule has 0 aliphatic rings. The van der Waals surface area contributed by atoms with Gasteiger partial charge in [-0.3, -0.25) is 4.79 Å². The zero-order valence-electron chi connectivity index (χ0n) is 12.2. The quantitative estimate of drug-likeness (QED) is 0.736. The van der Waals surface area contributed by atoms with E-state index in [0.717, 1.165) is 18.8 Å². The van der Waals surface area contributed by atoms with E-state index in [-0.39, 0.29) is 5.56 Å². The summed E-state index contributed by atoms with van der Waals surface area (Å²) in [6.07, 6.45) is 1.71. The van der Waals surface area contributed by atoms with Crippen molar-refractivity contribution < 1.29 is 4.74 Å². The van der Waals surface area contributed by atoms with Crippen LogP contribution >= 0.6 is 0 Å². The molecule has 19 heavy (non-hydrogen) atoms. The Kier molecular flexibility index (Phi) is 6.52. The summed E-state index contributed by atoms with van der Waals surface area (Å²) >= 11 is 0. The number of methoxy groups -OCH3 is 1. The second-order valence-electron chi connectivity index (χ2n) is 4.80. The normalized spacial score (nSPS) is 11.0. The van der Waals surface area contributed by atoms with E-state index in [9.17, 15) is 4.79 Å². The van der Waals surface area contributed by atoms with Crippen LogP contribution in [0.3, 0.4) is 0 Å². The molecule has 0 spiro atoms. The number of nitrogens with one attached hydrogen (secondary N) is 1. The van der Waals surface area contributed by atoms with Crippen molar-refractivity contribution in [3.8, 4) is 0 Å². The number of anilines is 1. The number of aromatic nitrogens is 2. The zero-order valence-corrected chi connectivity index (χ0v) is 12.2. The van der Waals surface area contributed by atoms with Gasteiger partial charge in [-0.25, -0.2) is 4.68 Å². The van der Waals surface area contributed by atoms with Crippen LogP contribution in [-0.2, 0) is 11.3 Å². The first-order chi connectivity index (χ1) is 9.04. The molecule has 1 rings (SSSR count). The summed E-state index contributed by atoms with van der Waals surface area (Å²) in [4.78, 5) is 13.9. The number of ether oxygens (including phenoxy) is 1. The van der Waals surface area contributed by atoms with Crippen LogP contribution in [0.5, 0.6) is 0 Å². The highest BCUT2D eigenvalue weighted by molar-refractivity contribution is 5.41. The van der Waals surface area contributed by atoms with Gasteiger partial charge in [-0.1, -0.05) is 13.8 Å². The summed E-state index contributed by atoms with van der Waals surface area (Å²) in [6, 6.07) is 2.02. The Morgan fingerprint density at radius 1 is 1.53 bits per heavy atom. The minimum absolute atomic E-state index is 0.0766. The third kappa shape index (κ3) is 5.40. The van der Waals surface area contributed by atoms with E-state index in [1.807, 2.05) is 11.9 Å². The van der Waals surface area contributed by atoms with E-state index in [1.54, 1.807) is 19.4 Å². The van der Waals surface area contributed by atoms with Crippen molar-refractivity contribution in [1.29, 1.82) is 0 Å². The Morgan fingerprint density at radius 2 is 2.26 bits per heavy atom. The Labute approximate surface area is 114 Å². The lowest BCUT2D eigenvalue weighted by molar-refractivity contribution is 0.206. The maximum atomic E-state index is 11.9. The lowest BCUT2D eigenvalue weighted by atomic mass is 10.4. The molecule has 0 bridgehead atoms. The summed E-state index contributed by atoms with van der Waals surface area (Å²) in [5.41, 5.74) is 0.738. The van der Waals surface area contributed by atoms with Crippen molar-refractivity contribution in [2.24, 2.45) is 0 Å². The predicted molar refractivity (Wildman–Crippen MR) is 76.8 cm³/mol. The van der Waals surface area contributed by atoms with Gasteiger partial charge in [-0.15, -0.1) is 0 Å². The van der Waals surface area contributed by atoms with Gasteiger partial charge in [0.15, 0.2) is 0 Å². The molecule has 0 aliphatic carbocycles. The standard InChI is InChI=1S/C13H24N4O2/c1-11(2)14-5-6-17-13(18)9-12(10-15-17)16(3)7-8-19-4/h9-11,14H,5-8H2,1-4H3. The molecule has 0 unspecified atom stereocenters. The number of likely N-dealkylation sites (N-methyl/N-ethyl adjacent to an activating group) is 1. The SMILES string of the molecule is COCCN(C)c1cnn(CCNC(C)C)c(=O)c1. The van der Waals surface area contributed by atoms with Crippen molar-refractivity contribution in [1.82, 2.24) is 15.1 Å². The van der Waals surface area contributed by atoms with Crippen molar-refractivity contribution >= 4 is 5.69 Å². The van der Waals surface area contributed by atoms with Crippen molar-refractivity contribution in [3.05, 3.63) is 22.6 Å². The highest BCUT2D eigenvalue weighted by Crippen LogP contribution is 2.05. The van der Waals surface area contributed by atoms with Gasteiger partial charge >= 0.3 is 0 Å². The van der Waals surface area contributed by atoms with Crippen LogP contribution in [-0.4, -0.2) is 49.7 Å². The first kappa shape index (κ1) is 15.7. The Morgan fingerprint density at radius 3 is 2.84 bits per heavy atom. The van der Waals surface area contributed by atoms with Crippen molar-refractivity contribution in [2.45, 2.75) is 26.4 Å². The second-order valence-corrected chi connectivity index (χ2v) is 4.80. The lowest BCUT2D eigenvalue weighted by Crippen LogP contribution is -2.32. The molecule has 108 valence electrons. The number of hydrogen-bond acceptors (Lipinski definition) is 5. The van der Waals surface area contributed by atoms with Crippen LogP contribution in [0.25, 0.3) is 0 Å². The van der Waals surface area contributed by atoms with E-state index < -0.39 is 0 Å². The molecule has 1 heterocycles. The summed E-state index contributed by atoms with van der Waals surface area (Å²) < 4.78 is 6.49. The summed E-state index contributed by atoms with van der Waals surface area (Å²) in [5.74, 6) is 0. The Balaban J connectivity index is 2.61. The maximum Gasteiger partial charge on any atom is 0.268 e. The molecular formula is C13H24N4O2. The number of hydrogen-bond donors (Lipinski definition) is 1. The van der Waals surface area contributed by atoms with Crippen LogP contribution in [0.15, 0.2) is 17.1 Å². The highest BCUT2D eigenvalue weighted by atomic mass is 16.5. The highest BCUT2D eigenvalue weighted by Gasteiger charge is 2.04. The molecule has 1 N–H and O–H groups in total. The predicted octanol–water partition coefficient (Wildman–Crippen LogP) is 0.324. The maximum absolute atomic E-state index is 11.9. The molecule has 0 radical (unpaired) electrons. The van der Waals surface area contributed by atoms with E-state index in [1.165, 1.54) is 4.68 Å². The van der Waals surface area contributed by atoms with Crippen LogP contribution in [0.2, 0.25) is 0 Å². The van der Waals surface area contributed by atoms with Crippen LogP contribution in [0.1, 0.15) is 13.8 Å². The van der Waals surface area contributed by atoms with E-state index in [0.29, 0.717) is 19.2 Å². The van der Waals surface area contributed by atoms with Gasteiger partial charge in [0.2, 0.25) is 0 Å². The fourth-order valence-electron chi connectivity index (χ4n) is 1.62. The molecule has 6 heteroatoms. The third-order valence-corrected chi connectivity index (χ3v) is 2.80. The van der Waals surface area contributed by atoms with Crippen molar-refractivity contribution in [3.63, 3.8) is 0 Å². The van der Waals surface area contributed by atoms with Crippen LogP contribution in [0, 0.1) is 0 Å². The van der Waals surface area contributed by atoms with Gasteiger partial charge in [0.1, 0.15) is 0 Å².